The van der Waals surface area contributed by atoms with Gasteiger partial charge in [-0.05, 0) is 19.1 Å². The number of nitrogen functional groups attached to an aromatic ring is 1. The van der Waals surface area contributed by atoms with E-state index in [1.165, 1.54) is 0 Å². The number of carbonyl (C=O) groups excluding carboxylic acids is 1. The van der Waals surface area contributed by atoms with Crippen molar-refractivity contribution in [3.8, 4) is 0 Å². The first kappa shape index (κ1) is 11.0. The second kappa shape index (κ2) is 4.99. The van der Waals surface area contributed by atoms with Crippen molar-refractivity contribution >= 4 is 17.6 Å². The van der Waals surface area contributed by atoms with Crippen molar-refractivity contribution in [3.05, 3.63) is 29.8 Å². The van der Waals surface area contributed by atoms with Gasteiger partial charge < -0.3 is 16.4 Å². The first-order valence-electron chi connectivity index (χ1n) is 4.62. The third-order valence-electron chi connectivity index (χ3n) is 1.77. The molecule has 0 radical (unpaired) electrons. The summed E-state index contributed by atoms with van der Waals surface area (Å²) in [4.78, 5) is 11.2. The van der Waals surface area contributed by atoms with Crippen molar-refractivity contribution in [2.24, 2.45) is 5.73 Å². The van der Waals surface area contributed by atoms with E-state index in [9.17, 15) is 4.79 Å². The van der Waals surface area contributed by atoms with E-state index in [-0.39, 0.29) is 11.9 Å². The molecule has 0 aliphatic rings. The van der Waals surface area contributed by atoms with Crippen LogP contribution in [0.3, 0.4) is 0 Å². The van der Waals surface area contributed by atoms with Gasteiger partial charge in [-0.25, -0.2) is 4.79 Å². The molecule has 5 N–H and O–H groups in total. The number of anilines is 1. The van der Waals surface area contributed by atoms with Gasteiger partial charge in [0.1, 0.15) is 5.84 Å². The van der Waals surface area contributed by atoms with Crippen molar-refractivity contribution in [3.63, 3.8) is 0 Å². The number of hydrogen-bond acceptors (Lipinski definition) is 2. The normalized spacial score (nSPS) is 9.40. The van der Waals surface area contributed by atoms with Gasteiger partial charge in [-0.3, -0.25) is 5.41 Å². The number of nitrogens with one attached hydrogen (secondary N) is 3. The Morgan fingerprint density at radius 3 is 2.87 bits per heavy atom. The molecule has 0 aliphatic heterocycles. The number of benzene rings is 1. The maximum Gasteiger partial charge on any atom is 0.319 e. The summed E-state index contributed by atoms with van der Waals surface area (Å²) in [6.07, 6.45) is 0. The molecule has 1 aromatic carbocycles. The molecule has 0 spiro atoms. The van der Waals surface area contributed by atoms with Crippen LogP contribution in [0.5, 0.6) is 0 Å². The standard InChI is InChI=1S/C10H14N4O/c1-2-13-10(15)14-8-5-3-4-7(6-8)9(11)12/h3-6H,2H2,1H3,(H3,11,12)(H2,13,14,15). The van der Waals surface area contributed by atoms with Gasteiger partial charge in [-0.15, -0.1) is 0 Å². The van der Waals surface area contributed by atoms with Gasteiger partial charge in [0.15, 0.2) is 0 Å². The van der Waals surface area contributed by atoms with Crippen LogP contribution in [0.15, 0.2) is 24.3 Å². The summed E-state index contributed by atoms with van der Waals surface area (Å²) in [5.74, 6) is -0.0189. The summed E-state index contributed by atoms with van der Waals surface area (Å²) in [5, 5.41) is 12.5. The monoisotopic (exact) mass is 206 g/mol. The number of hydrogen-bond donors (Lipinski definition) is 4. The smallest absolute Gasteiger partial charge is 0.319 e. The molecule has 0 heterocycles. The Hall–Kier alpha value is -2.04. The summed E-state index contributed by atoms with van der Waals surface area (Å²) in [6.45, 7) is 2.41. The summed E-state index contributed by atoms with van der Waals surface area (Å²) < 4.78 is 0. The SMILES string of the molecule is CCNC(=O)Nc1cccc(C(=N)N)c1. The molecule has 0 atom stereocenters. The van der Waals surface area contributed by atoms with E-state index in [4.69, 9.17) is 11.1 Å². The third-order valence-corrected chi connectivity index (χ3v) is 1.77. The van der Waals surface area contributed by atoms with E-state index < -0.39 is 0 Å². The molecule has 5 nitrogen and oxygen atoms in total. The van der Waals surface area contributed by atoms with Crippen LogP contribution in [0.25, 0.3) is 0 Å². The Kier molecular flexibility index (Phi) is 3.68. The van der Waals surface area contributed by atoms with Gasteiger partial charge in [0.2, 0.25) is 0 Å². The topological polar surface area (TPSA) is 91.0 Å². The zero-order chi connectivity index (χ0) is 11.3. The number of nitrogens with two attached hydrogens (primary N) is 1. The average Bonchev–Trinajstić information content (AvgIpc) is 2.18. The van der Waals surface area contributed by atoms with Crippen molar-refractivity contribution < 1.29 is 4.79 Å². The van der Waals surface area contributed by atoms with Crippen molar-refractivity contribution in [1.29, 1.82) is 5.41 Å². The van der Waals surface area contributed by atoms with E-state index in [1.807, 2.05) is 6.92 Å². The minimum absolute atomic E-state index is 0.0189. The Morgan fingerprint density at radius 1 is 1.53 bits per heavy atom. The summed E-state index contributed by atoms with van der Waals surface area (Å²) in [6, 6.07) is 6.57. The predicted octanol–water partition coefficient (Wildman–Crippen LogP) is 1.11. The Balaban J connectivity index is 2.73. The van der Waals surface area contributed by atoms with Crippen LogP contribution in [0.2, 0.25) is 0 Å². The lowest BCUT2D eigenvalue weighted by Gasteiger charge is -2.06. The molecule has 0 aromatic heterocycles. The number of amidine groups is 1. The van der Waals surface area contributed by atoms with Gasteiger partial charge in [0.05, 0.1) is 0 Å². The molecule has 0 bridgehead atoms. The lowest BCUT2D eigenvalue weighted by Crippen LogP contribution is -2.28. The van der Waals surface area contributed by atoms with Crippen LogP contribution in [0, 0.1) is 5.41 Å². The first-order chi connectivity index (χ1) is 7.13. The van der Waals surface area contributed by atoms with Crippen LogP contribution < -0.4 is 16.4 Å². The number of amides is 2. The lowest BCUT2D eigenvalue weighted by molar-refractivity contribution is 0.252. The largest absolute Gasteiger partial charge is 0.384 e. The summed E-state index contributed by atoms with van der Waals surface area (Å²) in [5.41, 5.74) is 6.53. The fourth-order valence-electron chi connectivity index (χ4n) is 1.10. The highest BCUT2D eigenvalue weighted by Gasteiger charge is 2.01. The Bertz CT molecular complexity index is 375. The lowest BCUT2D eigenvalue weighted by atomic mass is 10.2. The Labute approximate surface area is 88.2 Å². The molecule has 80 valence electrons. The number of rotatable bonds is 3. The fraction of sp³-hybridized carbons (Fsp3) is 0.200. The minimum atomic E-state index is -0.266. The number of carbonyl (C=O) groups is 1. The molecule has 0 saturated heterocycles. The zero-order valence-corrected chi connectivity index (χ0v) is 8.50. The van der Waals surface area contributed by atoms with E-state index in [1.54, 1.807) is 24.3 Å². The van der Waals surface area contributed by atoms with Crippen molar-refractivity contribution in [2.75, 3.05) is 11.9 Å². The van der Waals surface area contributed by atoms with Gasteiger partial charge in [-0.1, -0.05) is 12.1 Å². The predicted molar refractivity (Wildman–Crippen MR) is 60.2 cm³/mol. The highest BCUT2D eigenvalue weighted by molar-refractivity contribution is 5.97. The minimum Gasteiger partial charge on any atom is -0.384 e. The Morgan fingerprint density at radius 2 is 2.27 bits per heavy atom. The molecule has 5 heteroatoms. The molecule has 15 heavy (non-hydrogen) atoms. The molecule has 2 amide bonds. The quantitative estimate of drug-likeness (QED) is 0.440. The van der Waals surface area contributed by atoms with E-state index in [0.717, 1.165) is 0 Å². The summed E-state index contributed by atoms with van der Waals surface area (Å²) in [7, 11) is 0. The molecular formula is C10H14N4O. The average molecular weight is 206 g/mol. The fourth-order valence-corrected chi connectivity index (χ4v) is 1.10. The molecule has 0 unspecified atom stereocenters. The maximum atomic E-state index is 11.2. The van der Waals surface area contributed by atoms with Crippen molar-refractivity contribution in [1.82, 2.24) is 5.32 Å². The van der Waals surface area contributed by atoms with Crippen molar-refractivity contribution in [2.45, 2.75) is 6.92 Å². The van der Waals surface area contributed by atoms with Gasteiger partial charge >= 0.3 is 6.03 Å². The van der Waals surface area contributed by atoms with Crippen LogP contribution in [-0.2, 0) is 0 Å². The van der Waals surface area contributed by atoms with E-state index >= 15 is 0 Å². The molecule has 1 aromatic rings. The van der Waals surface area contributed by atoms with Crippen LogP contribution >= 0.6 is 0 Å². The van der Waals surface area contributed by atoms with Gasteiger partial charge in [0.25, 0.3) is 0 Å². The third kappa shape index (κ3) is 3.30. The van der Waals surface area contributed by atoms with Gasteiger partial charge in [-0.2, -0.15) is 0 Å². The molecule has 0 saturated carbocycles. The molecule has 0 aliphatic carbocycles. The summed E-state index contributed by atoms with van der Waals surface area (Å²) >= 11 is 0. The van der Waals surface area contributed by atoms with E-state index in [2.05, 4.69) is 10.6 Å². The van der Waals surface area contributed by atoms with E-state index in [0.29, 0.717) is 17.8 Å². The zero-order valence-electron chi connectivity index (χ0n) is 8.50. The molecular weight excluding hydrogens is 192 g/mol. The van der Waals surface area contributed by atoms with Crippen LogP contribution in [0.1, 0.15) is 12.5 Å². The number of urea groups is 1. The maximum absolute atomic E-state index is 11.2. The highest BCUT2D eigenvalue weighted by atomic mass is 16.2. The second-order valence-electron chi connectivity index (χ2n) is 2.98. The molecule has 1 rings (SSSR count). The first-order valence-corrected chi connectivity index (χ1v) is 4.62. The molecule has 0 fully saturated rings. The van der Waals surface area contributed by atoms with Crippen LogP contribution in [-0.4, -0.2) is 18.4 Å². The van der Waals surface area contributed by atoms with Gasteiger partial charge in [0, 0.05) is 17.8 Å². The van der Waals surface area contributed by atoms with Crippen LogP contribution in [0.4, 0.5) is 10.5 Å². The highest BCUT2D eigenvalue weighted by Crippen LogP contribution is 2.09. The second-order valence-corrected chi connectivity index (χ2v) is 2.98.